The van der Waals surface area contributed by atoms with E-state index in [0.717, 1.165) is 18.7 Å². The first-order valence-electron chi connectivity index (χ1n) is 10.4. The normalized spacial score (nSPS) is 15.7. The van der Waals surface area contributed by atoms with Gasteiger partial charge in [0.15, 0.2) is 5.69 Å². The van der Waals surface area contributed by atoms with Gasteiger partial charge in [-0.2, -0.15) is 13.9 Å². The van der Waals surface area contributed by atoms with Gasteiger partial charge < -0.3 is 20.1 Å². The number of amides is 1. The van der Waals surface area contributed by atoms with Crippen LogP contribution in [0.3, 0.4) is 0 Å². The molecule has 1 fully saturated rings. The van der Waals surface area contributed by atoms with Crippen molar-refractivity contribution in [2.45, 2.75) is 26.2 Å². The zero-order chi connectivity index (χ0) is 22.5. The Kier molecular flexibility index (Phi) is 8.37. The van der Waals surface area contributed by atoms with Crippen LogP contribution in [0.1, 0.15) is 29.1 Å². The van der Waals surface area contributed by atoms with E-state index in [1.807, 2.05) is 31.2 Å². The zero-order valence-corrected chi connectivity index (χ0v) is 18.8. The number of morpholine rings is 1. The average Bonchev–Trinajstić information content (AvgIpc) is 3.25. The van der Waals surface area contributed by atoms with Crippen LogP contribution < -0.4 is 15.4 Å². The van der Waals surface area contributed by atoms with Gasteiger partial charge in [0.1, 0.15) is 5.75 Å². The van der Waals surface area contributed by atoms with Crippen LogP contribution in [0.5, 0.6) is 5.75 Å². The van der Waals surface area contributed by atoms with Gasteiger partial charge in [-0.05, 0) is 42.8 Å². The van der Waals surface area contributed by atoms with Crippen LogP contribution >= 0.6 is 12.4 Å². The van der Waals surface area contributed by atoms with Gasteiger partial charge in [0.05, 0.1) is 18.4 Å². The number of hydrogen-bond donors (Lipinski definition) is 2. The van der Waals surface area contributed by atoms with Crippen molar-refractivity contribution in [3.8, 4) is 17.0 Å². The van der Waals surface area contributed by atoms with E-state index in [-0.39, 0.29) is 35.9 Å². The number of carbonyl (C=O) groups is 1. The summed E-state index contributed by atoms with van der Waals surface area (Å²) in [5.74, 6) is -0.314. The van der Waals surface area contributed by atoms with Crippen LogP contribution in [0, 0.1) is 0 Å². The molecule has 4 rings (SSSR count). The number of anilines is 1. The summed E-state index contributed by atoms with van der Waals surface area (Å²) < 4.78 is 37.0. The summed E-state index contributed by atoms with van der Waals surface area (Å²) in [6.07, 6.45) is 0.00104. The second-order valence-electron chi connectivity index (χ2n) is 7.28. The van der Waals surface area contributed by atoms with Crippen molar-refractivity contribution >= 4 is 24.0 Å². The zero-order valence-electron chi connectivity index (χ0n) is 18.0. The molecule has 0 radical (unpaired) electrons. The topological polar surface area (TPSA) is 77.4 Å². The van der Waals surface area contributed by atoms with Crippen LogP contribution in [0.25, 0.3) is 11.3 Å². The van der Waals surface area contributed by atoms with Gasteiger partial charge in [0.25, 0.3) is 5.91 Å². The first-order valence-corrected chi connectivity index (χ1v) is 10.4. The maximum atomic E-state index is 12.8. The molecule has 0 spiro atoms. The SMILES string of the molecule is CCn1nc(C(=O)Nc2ccc(C3CNCCO3)cc2)cc1-c1cccc(OC(F)F)c1.Cl. The highest BCUT2D eigenvalue weighted by atomic mass is 35.5. The first-order chi connectivity index (χ1) is 15.5. The fourth-order valence-electron chi connectivity index (χ4n) is 3.59. The Morgan fingerprint density at radius 3 is 2.73 bits per heavy atom. The number of rotatable bonds is 7. The first kappa shape index (κ1) is 24.6. The molecule has 2 N–H and O–H groups in total. The molecule has 1 amide bonds. The van der Waals surface area contributed by atoms with Crippen molar-refractivity contribution in [1.82, 2.24) is 15.1 Å². The molecule has 176 valence electrons. The second kappa shape index (κ2) is 11.2. The maximum Gasteiger partial charge on any atom is 0.387 e. The summed E-state index contributed by atoms with van der Waals surface area (Å²) >= 11 is 0. The molecule has 0 aliphatic carbocycles. The molecule has 1 saturated heterocycles. The van der Waals surface area contributed by atoms with Gasteiger partial charge in [0, 0.05) is 30.9 Å². The average molecular weight is 479 g/mol. The number of aromatic nitrogens is 2. The largest absolute Gasteiger partial charge is 0.435 e. The van der Waals surface area contributed by atoms with Crippen LogP contribution in [-0.4, -0.2) is 42.0 Å². The van der Waals surface area contributed by atoms with Gasteiger partial charge in [-0.3, -0.25) is 9.48 Å². The number of aryl methyl sites for hydroxylation is 1. The molecule has 10 heteroatoms. The van der Waals surface area contributed by atoms with E-state index in [1.54, 1.807) is 22.9 Å². The van der Waals surface area contributed by atoms with E-state index in [9.17, 15) is 13.6 Å². The molecule has 2 heterocycles. The predicted octanol–water partition coefficient (Wildman–Crippen LogP) is 4.51. The van der Waals surface area contributed by atoms with Crippen LogP contribution in [0.2, 0.25) is 0 Å². The standard InChI is InChI=1S/C23H24F2N4O3.ClH/c1-2-29-20(16-4-3-5-18(12-16)32-23(24)25)13-19(28-29)22(30)27-17-8-6-15(7-9-17)21-14-26-10-11-31-21;/h3-9,12-13,21,23,26H,2,10-11,14H2,1H3,(H,27,30);1H. The molecule has 0 saturated carbocycles. The lowest BCUT2D eigenvalue weighted by molar-refractivity contribution is -0.0498. The number of nitrogens with zero attached hydrogens (tertiary/aromatic N) is 2. The summed E-state index contributed by atoms with van der Waals surface area (Å²) in [6.45, 7) is 1.76. The molecule has 7 nitrogen and oxygen atoms in total. The summed E-state index contributed by atoms with van der Waals surface area (Å²) in [5, 5.41) is 10.5. The quantitative estimate of drug-likeness (QED) is 0.522. The maximum absolute atomic E-state index is 12.8. The van der Waals surface area contributed by atoms with E-state index in [2.05, 4.69) is 20.5 Å². The molecular weight excluding hydrogens is 454 g/mol. The summed E-state index contributed by atoms with van der Waals surface area (Å²) in [6, 6.07) is 15.5. The van der Waals surface area contributed by atoms with Crippen LogP contribution in [-0.2, 0) is 11.3 Å². The summed E-state index contributed by atoms with van der Waals surface area (Å²) in [4.78, 5) is 12.8. The van der Waals surface area contributed by atoms with Crippen molar-refractivity contribution in [1.29, 1.82) is 0 Å². The van der Waals surface area contributed by atoms with Gasteiger partial charge >= 0.3 is 6.61 Å². The van der Waals surface area contributed by atoms with E-state index in [0.29, 0.717) is 30.1 Å². The molecule has 1 aliphatic heterocycles. The number of alkyl halides is 2. The Morgan fingerprint density at radius 2 is 2.06 bits per heavy atom. The molecule has 3 aromatic rings. The fourth-order valence-corrected chi connectivity index (χ4v) is 3.59. The van der Waals surface area contributed by atoms with Crippen molar-refractivity contribution in [3.05, 3.63) is 65.9 Å². The van der Waals surface area contributed by atoms with Crippen LogP contribution in [0.15, 0.2) is 54.6 Å². The molecule has 1 atom stereocenters. The minimum Gasteiger partial charge on any atom is -0.435 e. The van der Waals surface area contributed by atoms with E-state index >= 15 is 0 Å². The van der Waals surface area contributed by atoms with Gasteiger partial charge in [-0.15, -0.1) is 12.4 Å². The van der Waals surface area contributed by atoms with E-state index in [1.165, 1.54) is 12.1 Å². The number of halogens is 3. The Hall–Kier alpha value is -3.01. The third-order valence-corrected chi connectivity index (χ3v) is 5.14. The van der Waals surface area contributed by atoms with Crippen molar-refractivity contribution in [2.24, 2.45) is 0 Å². The molecule has 2 aromatic carbocycles. The van der Waals surface area contributed by atoms with Gasteiger partial charge in [-0.25, -0.2) is 0 Å². The third kappa shape index (κ3) is 6.07. The van der Waals surface area contributed by atoms with Crippen molar-refractivity contribution in [3.63, 3.8) is 0 Å². The molecule has 0 bridgehead atoms. The number of hydrogen-bond acceptors (Lipinski definition) is 5. The smallest absolute Gasteiger partial charge is 0.387 e. The number of nitrogens with one attached hydrogen (secondary N) is 2. The number of benzene rings is 2. The Bertz CT molecular complexity index is 1070. The summed E-state index contributed by atoms with van der Waals surface area (Å²) in [5.41, 5.74) is 3.17. The van der Waals surface area contributed by atoms with Crippen molar-refractivity contribution < 1.29 is 23.0 Å². The molecule has 1 aliphatic rings. The van der Waals surface area contributed by atoms with Crippen LogP contribution in [0.4, 0.5) is 14.5 Å². The van der Waals surface area contributed by atoms with E-state index < -0.39 is 6.61 Å². The Labute approximate surface area is 196 Å². The third-order valence-electron chi connectivity index (χ3n) is 5.14. The lowest BCUT2D eigenvalue weighted by Gasteiger charge is -2.24. The number of carbonyl (C=O) groups excluding carboxylic acids is 1. The lowest BCUT2D eigenvalue weighted by atomic mass is 10.1. The van der Waals surface area contributed by atoms with Gasteiger partial charge in [-0.1, -0.05) is 24.3 Å². The molecular formula is C23H25ClF2N4O3. The molecule has 1 aromatic heterocycles. The minimum absolute atomic E-state index is 0. The van der Waals surface area contributed by atoms with Crippen molar-refractivity contribution in [2.75, 3.05) is 25.0 Å². The monoisotopic (exact) mass is 478 g/mol. The number of ether oxygens (including phenoxy) is 2. The van der Waals surface area contributed by atoms with Gasteiger partial charge in [0.2, 0.25) is 0 Å². The minimum atomic E-state index is -2.91. The lowest BCUT2D eigenvalue weighted by Crippen LogP contribution is -2.33. The highest BCUT2D eigenvalue weighted by Crippen LogP contribution is 2.26. The highest BCUT2D eigenvalue weighted by molar-refractivity contribution is 6.03. The Balaban J connectivity index is 0.00000306. The fraction of sp³-hybridized carbons (Fsp3) is 0.304. The molecule has 33 heavy (non-hydrogen) atoms. The highest BCUT2D eigenvalue weighted by Gasteiger charge is 2.18. The molecule has 1 unspecified atom stereocenters. The predicted molar refractivity (Wildman–Crippen MR) is 123 cm³/mol. The Morgan fingerprint density at radius 1 is 1.27 bits per heavy atom. The van der Waals surface area contributed by atoms with E-state index in [4.69, 9.17) is 4.74 Å². The summed E-state index contributed by atoms with van der Waals surface area (Å²) in [7, 11) is 0. The second-order valence-corrected chi connectivity index (χ2v) is 7.28.